The Balaban J connectivity index is 1.40. The first kappa shape index (κ1) is 20.4. The molecule has 2 heterocycles. The van der Waals surface area contributed by atoms with Crippen molar-refractivity contribution in [3.63, 3.8) is 0 Å². The molecule has 0 spiro atoms. The molecule has 0 unspecified atom stereocenters. The molecule has 0 saturated carbocycles. The van der Waals surface area contributed by atoms with Crippen LogP contribution in [0.1, 0.15) is 17.4 Å². The second-order valence-corrected chi connectivity index (χ2v) is 7.03. The van der Waals surface area contributed by atoms with Crippen LogP contribution in [0.4, 0.5) is 0 Å². The molecule has 29 heavy (non-hydrogen) atoms. The van der Waals surface area contributed by atoms with Crippen molar-refractivity contribution in [1.29, 1.82) is 0 Å². The minimum absolute atomic E-state index is 0.0104. The van der Waals surface area contributed by atoms with Crippen molar-refractivity contribution < 1.29 is 33.5 Å². The first-order chi connectivity index (χ1) is 14.3. The third-order valence-electron chi connectivity index (χ3n) is 5.07. The van der Waals surface area contributed by atoms with Crippen molar-refractivity contribution in [2.75, 3.05) is 20.5 Å². The maximum atomic E-state index is 10.7. The van der Waals surface area contributed by atoms with Crippen LogP contribution in [-0.2, 0) is 35.0 Å². The largest absolute Gasteiger partial charge is 0.385 e. The van der Waals surface area contributed by atoms with Gasteiger partial charge in [0.1, 0.15) is 31.2 Å². The van der Waals surface area contributed by atoms with Crippen LogP contribution in [0, 0.1) is 0 Å². The minimum atomic E-state index is -1.02. The monoisotopic (exact) mass is 402 g/mol. The lowest BCUT2D eigenvalue weighted by atomic mass is 9.97. The normalized spacial score (nSPS) is 31.9. The molecule has 156 valence electrons. The number of rotatable bonds is 7. The lowest BCUT2D eigenvalue weighted by Crippen LogP contribution is -2.63. The summed E-state index contributed by atoms with van der Waals surface area (Å²) in [5, 5.41) is 10.7. The maximum absolute atomic E-state index is 10.7. The average molecular weight is 402 g/mol. The zero-order chi connectivity index (χ0) is 20.1. The molecule has 7 nitrogen and oxygen atoms in total. The minimum Gasteiger partial charge on any atom is -0.385 e. The fraction of sp³-hybridized carbons (Fsp3) is 0.455. The van der Waals surface area contributed by atoms with Crippen LogP contribution < -0.4 is 0 Å². The van der Waals surface area contributed by atoms with Crippen LogP contribution in [0.5, 0.6) is 0 Å². The van der Waals surface area contributed by atoms with E-state index in [1.165, 1.54) is 7.11 Å². The number of methoxy groups -OCH3 is 1. The summed E-state index contributed by atoms with van der Waals surface area (Å²) in [7, 11) is 1.48. The molecule has 2 aromatic rings. The molecule has 2 fully saturated rings. The van der Waals surface area contributed by atoms with Gasteiger partial charge in [0.25, 0.3) is 0 Å². The summed E-state index contributed by atoms with van der Waals surface area (Å²) in [5.74, 6) is 0. The Labute approximate surface area is 170 Å². The molecule has 0 bridgehead atoms. The predicted octanol–water partition coefficient (Wildman–Crippen LogP) is 2.39. The Kier molecular flexibility index (Phi) is 6.89. The number of ether oxygens (including phenoxy) is 6. The van der Waals surface area contributed by atoms with Crippen molar-refractivity contribution in [2.24, 2.45) is 0 Å². The maximum Gasteiger partial charge on any atom is 0.186 e. The van der Waals surface area contributed by atoms with Crippen LogP contribution >= 0.6 is 0 Å². The van der Waals surface area contributed by atoms with Gasteiger partial charge in [-0.25, -0.2) is 0 Å². The molecule has 4 rings (SSSR count). The number of hydrogen-bond acceptors (Lipinski definition) is 7. The molecule has 7 heteroatoms. The van der Waals surface area contributed by atoms with E-state index in [4.69, 9.17) is 28.4 Å². The van der Waals surface area contributed by atoms with Gasteiger partial charge >= 0.3 is 0 Å². The molecule has 0 radical (unpaired) electrons. The molecule has 6 atom stereocenters. The summed E-state index contributed by atoms with van der Waals surface area (Å²) in [6.07, 6.45) is -4.00. The van der Waals surface area contributed by atoms with Gasteiger partial charge in [0.2, 0.25) is 0 Å². The fourth-order valence-corrected chi connectivity index (χ4v) is 3.59. The third kappa shape index (κ3) is 4.84. The molecular weight excluding hydrogens is 376 g/mol. The summed E-state index contributed by atoms with van der Waals surface area (Å²) in [4.78, 5) is 0. The van der Waals surface area contributed by atoms with E-state index in [1.54, 1.807) is 0 Å². The van der Waals surface area contributed by atoms with Gasteiger partial charge in [0, 0.05) is 12.7 Å². The predicted molar refractivity (Wildman–Crippen MR) is 103 cm³/mol. The second kappa shape index (κ2) is 9.77. The highest BCUT2D eigenvalue weighted by atomic mass is 16.8. The zero-order valence-corrected chi connectivity index (χ0v) is 16.3. The third-order valence-corrected chi connectivity index (χ3v) is 5.07. The molecule has 1 N–H and O–H groups in total. The highest BCUT2D eigenvalue weighted by Gasteiger charge is 2.50. The van der Waals surface area contributed by atoms with E-state index >= 15 is 0 Å². The summed E-state index contributed by atoms with van der Waals surface area (Å²) >= 11 is 0. The lowest BCUT2D eigenvalue weighted by Gasteiger charge is -2.47. The molecular formula is C22H26O7. The molecule has 2 aromatic carbocycles. The number of aliphatic hydroxyl groups excluding tert-OH is 1. The van der Waals surface area contributed by atoms with Crippen LogP contribution in [0.2, 0.25) is 0 Å². The molecule has 2 saturated heterocycles. The fourth-order valence-electron chi connectivity index (χ4n) is 3.59. The van der Waals surface area contributed by atoms with Crippen LogP contribution in [0.25, 0.3) is 0 Å². The number of fused-ring (bicyclic) bond motifs is 1. The van der Waals surface area contributed by atoms with Gasteiger partial charge in [-0.1, -0.05) is 60.7 Å². The summed E-state index contributed by atoms with van der Waals surface area (Å²) in [6, 6.07) is 19.5. The SMILES string of the molecule is CO[C@@H]1O[C@@H]2CO[C@@H](c3ccccc3)O[C@H]2[C@H](OCOCc2ccccc2)[C@H]1O. The van der Waals surface area contributed by atoms with Crippen LogP contribution in [-0.4, -0.2) is 56.3 Å². The molecule has 2 aliphatic rings. The zero-order valence-electron chi connectivity index (χ0n) is 16.3. The topological polar surface area (TPSA) is 75.6 Å². The first-order valence-corrected chi connectivity index (χ1v) is 9.68. The van der Waals surface area contributed by atoms with E-state index in [-0.39, 0.29) is 6.79 Å². The van der Waals surface area contributed by atoms with Gasteiger partial charge in [-0.2, -0.15) is 0 Å². The van der Waals surface area contributed by atoms with Crippen LogP contribution in [0.15, 0.2) is 60.7 Å². The van der Waals surface area contributed by atoms with E-state index in [0.29, 0.717) is 13.2 Å². The van der Waals surface area contributed by atoms with E-state index in [1.807, 2.05) is 60.7 Å². The molecule has 0 aliphatic carbocycles. The van der Waals surface area contributed by atoms with E-state index in [9.17, 15) is 5.11 Å². The van der Waals surface area contributed by atoms with Crippen molar-refractivity contribution in [1.82, 2.24) is 0 Å². The van der Waals surface area contributed by atoms with Crippen LogP contribution in [0.3, 0.4) is 0 Å². The Morgan fingerprint density at radius 2 is 1.72 bits per heavy atom. The summed E-state index contributed by atoms with van der Waals surface area (Å²) in [5.41, 5.74) is 1.94. The van der Waals surface area contributed by atoms with Gasteiger partial charge < -0.3 is 33.5 Å². The van der Waals surface area contributed by atoms with Gasteiger partial charge in [-0.3, -0.25) is 0 Å². The number of benzene rings is 2. The average Bonchev–Trinajstić information content (AvgIpc) is 2.78. The van der Waals surface area contributed by atoms with E-state index in [2.05, 4.69) is 0 Å². The highest BCUT2D eigenvalue weighted by molar-refractivity contribution is 5.17. The summed E-state index contributed by atoms with van der Waals surface area (Å²) in [6.45, 7) is 0.733. The Morgan fingerprint density at radius 1 is 1.00 bits per heavy atom. The molecule has 2 aliphatic heterocycles. The second-order valence-electron chi connectivity index (χ2n) is 7.03. The number of aliphatic hydroxyl groups is 1. The molecule has 0 amide bonds. The highest BCUT2D eigenvalue weighted by Crippen LogP contribution is 2.35. The van der Waals surface area contributed by atoms with Gasteiger partial charge in [-0.15, -0.1) is 0 Å². The van der Waals surface area contributed by atoms with Crippen molar-refractivity contribution in [3.05, 3.63) is 71.8 Å². The quantitative estimate of drug-likeness (QED) is 0.563. The Bertz CT molecular complexity index is 741. The van der Waals surface area contributed by atoms with Crippen molar-refractivity contribution in [2.45, 2.75) is 43.6 Å². The van der Waals surface area contributed by atoms with Crippen molar-refractivity contribution in [3.8, 4) is 0 Å². The Hall–Kier alpha value is -1.84. The lowest BCUT2D eigenvalue weighted by molar-refractivity contribution is -0.367. The van der Waals surface area contributed by atoms with Gasteiger partial charge in [0.15, 0.2) is 12.6 Å². The van der Waals surface area contributed by atoms with E-state index < -0.39 is 37.0 Å². The number of hydrogen-bond donors (Lipinski definition) is 1. The first-order valence-electron chi connectivity index (χ1n) is 9.68. The van der Waals surface area contributed by atoms with E-state index in [0.717, 1.165) is 11.1 Å². The smallest absolute Gasteiger partial charge is 0.186 e. The van der Waals surface area contributed by atoms with Crippen molar-refractivity contribution >= 4 is 0 Å². The summed E-state index contributed by atoms with van der Waals surface area (Å²) < 4.78 is 34.5. The standard InChI is InChI=1S/C22H26O7/c1-24-22-18(23)20(27-14-25-12-15-8-4-2-5-9-15)19-17(28-22)13-26-21(29-19)16-10-6-3-7-11-16/h2-11,17-23H,12-14H2,1H3/t17-,18-,19-,20-,21-,22-/m1/s1. The molecule has 0 aromatic heterocycles. The van der Waals surface area contributed by atoms with Gasteiger partial charge in [0.05, 0.1) is 13.2 Å². The Morgan fingerprint density at radius 3 is 2.45 bits per heavy atom. The van der Waals surface area contributed by atoms with Gasteiger partial charge in [-0.05, 0) is 5.56 Å².